The van der Waals surface area contributed by atoms with Gasteiger partial charge in [-0.1, -0.05) is 30.3 Å². The van der Waals surface area contributed by atoms with E-state index in [1.54, 1.807) is 30.3 Å². The van der Waals surface area contributed by atoms with Gasteiger partial charge in [0.1, 0.15) is 0 Å². The molecule has 22 heavy (non-hydrogen) atoms. The van der Waals surface area contributed by atoms with Gasteiger partial charge in [0.15, 0.2) is 6.73 Å². The van der Waals surface area contributed by atoms with Crippen molar-refractivity contribution in [3.05, 3.63) is 42.5 Å². The molecular formula is C14H9F5N2O. The van der Waals surface area contributed by atoms with Gasteiger partial charge in [-0.15, -0.1) is 5.10 Å². The number of hydrogen-bond donors (Lipinski definition) is 0. The SMILES string of the molecule is FC(F)(F)C(F)(F)C1=NN(c2ccc3ccccc3c2)CO1. The summed E-state index contributed by atoms with van der Waals surface area (Å²) in [5.41, 5.74) is 0.367. The van der Waals surface area contributed by atoms with Crippen molar-refractivity contribution in [1.82, 2.24) is 0 Å². The van der Waals surface area contributed by atoms with Crippen molar-refractivity contribution in [1.29, 1.82) is 0 Å². The number of hydrogen-bond acceptors (Lipinski definition) is 3. The molecule has 2 aromatic rings. The highest BCUT2D eigenvalue weighted by atomic mass is 19.4. The van der Waals surface area contributed by atoms with Crippen LogP contribution in [0, 0.1) is 0 Å². The third-order valence-corrected chi connectivity index (χ3v) is 3.19. The van der Waals surface area contributed by atoms with Gasteiger partial charge in [-0.3, -0.25) is 0 Å². The Morgan fingerprint density at radius 2 is 1.64 bits per heavy atom. The number of benzene rings is 2. The van der Waals surface area contributed by atoms with Crippen molar-refractivity contribution in [3.63, 3.8) is 0 Å². The average molecular weight is 316 g/mol. The second-order valence-corrected chi connectivity index (χ2v) is 4.68. The summed E-state index contributed by atoms with van der Waals surface area (Å²) in [6.45, 7) is -0.501. The molecule has 0 fully saturated rings. The van der Waals surface area contributed by atoms with E-state index < -0.39 is 24.7 Å². The average Bonchev–Trinajstić information content (AvgIpc) is 2.96. The Balaban J connectivity index is 1.93. The van der Waals surface area contributed by atoms with E-state index in [2.05, 4.69) is 9.84 Å². The number of anilines is 1. The summed E-state index contributed by atoms with van der Waals surface area (Å²) in [7, 11) is 0. The van der Waals surface area contributed by atoms with Gasteiger partial charge >= 0.3 is 12.1 Å². The molecule has 8 heteroatoms. The monoisotopic (exact) mass is 316 g/mol. The Hall–Kier alpha value is -2.38. The van der Waals surface area contributed by atoms with E-state index >= 15 is 0 Å². The van der Waals surface area contributed by atoms with Crippen LogP contribution in [0.1, 0.15) is 0 Å². The first kappa shape index (κ1) is 14.6. The summed E-state index contributed by atoms with van der Waals surface area (Å²) in [5, 5.41) is 5.95. The Labute approximate surface area is 121 Å². The maximum Gasteiger partial charge on any atom is 0.463 e. The van der Waals surface area contributed by atoms with Gasteiger partial charge in [0, 0.05) is 0 Å². The number of halogens is 5. The van der Waals surface area contributed by atoms with Crippen molar-refractivity contribution in [3.8, 4) is 0 Å². The Kier molecular flexibility index (Phi) is 3.19. The highest BCUT2D eigenvalue weighted by Gasteiger charge is 2.64. The number of alkyl halides is 5. The molecule has 116 valence electrons. The molecule has 0 amide bonds. The minimum Gasteiger partial charge on any atom is -0.452 e. The molecule has 3 rings (SSSR count). The zero-order valence-corrected chi connectivity index (χ0v) is 10.9. The minimum atomic E-state index is -5.74. The van der Waals surface area contributed by atoms with Crippen LogP contribution in [0.5, 0.6) is 0 Å². The second-order valence-electron chi connectivity index (χ2n) is 4.68. The van der Waals surface area contributed by atoms with Crippen LogP contribution in [0.3, 0.4) is 0 Å². The lowest BCUT2D eigenvalue weighted by Gasteiger charge is -2.17. The van der Waals surface area contributed by atoms with Gasteiger partial charge in [-0.25, -0.2) is 5.01 Å². The highest BCUT2D eigenvalue weighted by molar-refractivity contribution is 5.89. The van der Waals surface area contributed by atoms with Crippen molar-refractivity contribution < 1.29 is 26.7 Å². The van der Waals surface area contributed by atoms with Crippen LogP contribution in [0.15, 0.2) is 47.6 Å². The number of hydrazone groups is 1. The Bertz CT molecular complexity index is 741. The predicted octanol–water partition coefficient (Wildman–Crippen LogP) is 4.15. The lowest BCUT2D eigenvalue weighted by atomic mass is 10.1. The number of fused-ring (bicyclic) bond motifs is 1. The maximum atomic E-state index is 13.2. The van der Waals surface area contributed by atoms with Crippen LogP contribution in [-0.4, -0.2) is 24.7 Å². The number of nitrogens with zero attached hydrogens (tertiary/aromatic N) is 2. The molecule has 1 heterocycles. The van der Waals surface area contributed by atoms with Crippen molar-refractivity contribution in [2.24, 2.45) is 5.10 Å². The highest BCUT2D eigenvalue weighted by Crippen LogP contribution is 2.38. The molecule has 0 aromatic heterocycles. The maximum absolute atomic E-state index is 13.2. The molecule has 0 saturated heterocycles. The predicted molar refractivity (Wildman–Crippen MR) is 70.8 cm³/mol. The lowest BCUT2D eigenvalue weighted by Crippen LogP contribution is -2.44. The van der Waals surface area contributed by atoms with E-state index in [1.807, 2.05) is 12.1 Å². The van der Waals surface area contributed by atoms with E-state index in [1.165, 1.54) is 0 Å². The lowest BCUT2D eigenvalue weighted by molar-refractivity contribution is -0.254. The molecule has 0 N–H and O–H groups in total. The van der Waals surface area contributed by atoms with Crippen LogP contribution < -0.4 is 5.01 Å². The van der Waals surface area contributed by atoms with Crippen LogP contribution >= 0.6 is 0 Å². The van der Waals surface area contributed by atoms with Crippen molar-refractivity contribution in [2.45, 2.75) is 12.1 Å². The summed E-state index contributed by atoms with van der Waals surface area (Å²) in [6.07, 6.45) is -5.74. The third kappa shape index (κ3) is 2.34. The fourth-order valence-electron chi connectivity index (χ4n) is 2.03. The standard InChI is InChI=1S/C14H9F5N2O/c15-13(16,14(17,18)19)12-20-21(8-22-12)11-6-5-9-3-1-2-4-10(9)7-11/h1-7H,8H2. The molecule has 1 aliphatic heterocycles. The summed E-state index contributed by atoms with van der Waals surface area (Å²) in [6, 6.07) is 12.2. The molecule has 0 aliphatic carbocycles. The van der Waals surface area contributed by atoms with Crippen molar-refractivity contribution >= 4 is 22.4 Å². The minimum absolute atomic E-state index is 0.367. The van der Waals surface area contributed by atoms with Gasteiger partial charge in [-0.2, -0.15) is 22.0 Å². The molecular weight excluding hydrogens is 307 g/mol. The van der Waals surface area contributed by atoms with Gasteiger partial charge in [0.2, 0.25) is 0 Å². The van der Waals surface area contributed by atoms with Crippen LogP contribution in [-0.2, 0) is 4.74 Å². The molecule has 2 aromatic carbocycles. The van der Waals surface area contributed by atoms with E-state index in [9.17, 15) is 22.0 Å². The van der Waals surface area contributed by atoms with Gasteiger partial charge in [0.25, 0.3) is 5.90 Å². The first-order chi connectivity index (χ1) is 10.3. The molecule has 0 atom stereocenters. The Morgan fingerprint density at radius 1 is 0.955 bits per heavy atom. The van der Waals surface area contributed by atoms with E-state index in [0.717, 1.165) is 15.8 Å². The smallest absolute Gasteiger partial charge is 0.452 e. The van der Waals surface area contributed by atoms with E-state index in [4.69, 9.17) is 0 Å². The van der Waals surface area contributed by atoms with Crippen LogP contribution in [0.25, 0.3) is 10.8 Å². The van der Waals surface area contributed by atoms with Crippen LogP contribution in [0.2, 0.25) is 0 Å². The topological polar surface area (TPSA) is 24.8 Å². The normalized spacial score (nSPS) is 15.9. The quantitative estimate of drug-likeness (QED) is 0.778. The summed E-state index contributed by atoms with van der Waals surface area (Å²) >= 11 is 0. The van der Waals surface area contributed by atoms with Crippen LogP contribution in [0.4, 0.5) is 27.6 Å². The fraction of sp³-hybridized carbons (Fsp3) is 0.214. The zero-order chi connectivity index (χ0) is 16.0. The zero-order valence-electron chi connectivity index (χ0n) is 10.9. The summed E-state index contributed by atoms with van der Waals surface area (Å²) in [5.74, 6) is -6.76. The molecule has 1 aliphatic rings. The Morgan fingerprint density at radius 3 is 2.32 bits per heavy atom. The summed E-state index contributed by atoms with van der Waals surface area (Å²) < 4.78 is 67.7. The summed E-state index contributed by atoms with van der Waals surface area (Å²) in [4.78, 5) is 0. The third-order valence-electron chi connectivity index (χ3n) is 3.19. The first-order valence-corrected chi connectivity index (χ1v) is 6.22. The first-order valence-electron chi connectivity index (χ1n) is 6.22. The van der Waals surface area contributed by atoms with E-state index in [-0.39, 0.29) is 0 Å². The number of rotatable bonds is 2. The van der Waals surface area contributed by atoms with Gasteiger partial charge in [0.05, 0.1) is 5.69 Å². The molecule has 0 saturated carbocycles. The molecule has 0 radical (unpaired) electrons. The number of ether oxygens (including phenoxy) is 1. The second kappa shape index (κ2) is 4.82. The van der Waals surface area contributed by atoms with E-state index in [0.29, 0.717) is 5.69 Å². The van der Waals surface area contributed by atoms with Gasteiger partial charge < -0.3 is 4.74 Å². The largest absolute Gasteiger partial charge is 0.463 e. The van der Waals surface area contributed by atoms with Gasteiger partial charge in [-0.05, 0) is 22.9 Å². The molecule has 3 nitrogen and oxygen atoms in total. The fourth-order valence-corrected chi connectivity index (χ4v) is 2.03. The molecule has 0 spiro atoms. The molecule has 0 unspecified atom stereocenters. The van der Waals surface area contributed by atoms with Crippen molar-refractivity contribution in [2.75, 3.05) is 11.7 Å². The molecule has 0 bridgehead atoms.